The van der Waals surface area contributed by atoms with Crippen LogP contribution in [0.3, 0.4) is 0 Å². The molecule has 1 fully saturated rings. The number of ether oxygens (including phenoxy) is 2. The van der Waals surface area contributed by atoms with Gasteiger partial charge < -0.3 is 20.1 Å². The van der Waals surface area contributed by atoms with Gasteiger partial charge in [-0.2, -0.15) is 0 Å². The highest BCUT2D eigenvalue weighted by Gasteiger charge is 2.50. The van der Waals surface area contributed by atoms with Gasteiger partial charge in [0.1, 0.15) is 25.3 Å². The van der Waals surface area contributed by atoms with Crippen LogP contribution >= 0.6 is 0 Å². The highest BCUT2D eigenvalue weighted by molar-refractivity contribution is 6.09. The van der Waals surface area contributed by atoms with Crippen molar-refractivity contribution in [3.63, 3.8) is 0 Å². The van der Waals surface area contributed by atoms with Gasteiger partial charge in [-0.05, 0) is 55.0 Å². The van der Waals surface area contributed by atoms with E-state index in [1.54, 1.807) is 25.1 Å². The van der Waals surface area contributed by atoms with Crippen molar-refractivity contribution >= 4 is 17.8 Å². The van der Waals surface area contributed by atoms with Crippen molar-refractivity contribution in [3.8, 4) is 11.5 Å². The van der Waals surface area contributed by atoms with Crippen LogP contribution in [0, 0.1) is 0 Å². The van der Waals surface area contributed by atoms with Crippen LogP contribution in [-0.4, -0.2) is 42.5 Å². The summed E-state index contributed by atoms with van der Waals surface area (Å²) >= 11 is 0. The third-order valence-electron chi connectivity index (χ3n) is 6.40. The van der Waals surface area contributed by atoms with Crippen LogP contribution in [0.2, 0.25) is 0 Å². The van der Waals surface area contributed by atoms with Crippen LogP contribution in [-0.2, 0) is 21.5 Å². The molecular formula is C24H25N3O5. The molecule has 0 saturated carbocycles. The summed E-state index contributed by atoms with van der Waals surface area (Å²) in [7, 11) is 0. The molecule has 0 bridgehead atoms. The zero-order valence-corrected chi connectivity index (χ0v) is 17.8. The van der Waals surface area contributed by atoms with E-state index in [-0.39, 0.29) is 18.5 Å². The molecule has 4 amide bonds. The average molecular weight is 435 g/mol. The van der Waals surface area contributed by atoms with Crippen molar-refractivity contribution in [2.75, 3.05) is 19.8 Å². The molecule has 1 saturated heterocycles. The number of hydrogen-bond acceptors (Lipinski definition) is 5. The monoisotopic (exact) mass is 435 g/mol. The minimum atomic E-state index is -1.29. The second-order valence-corrected chi connectivity index (χ2v) is 8.52. The topological polar surface area (TPSA) is 97.0 Å². The zero-order chi connectivity index (χ0) is 22.3. The Hall–Kier alpha value is -3.55. The fraction of sp³-hybridized carbons (Fsp3) is 0.375. The molecule has 2 heterocycles. The minimum absolute atomic E-state index is 0.114. The van der Waals surface area contributed by atoms with E-state index in [1.165, 1.54) is 5.56 Å². The van der Waals surface area contributed by atoms with E-state index in [0.29, 0.717) is 30.3 Å². The smallest absolute Gasteiger partial charge is 0.325 e. The van der Waals surface area contributed by atoms with E-state index < -0.39 is 17.5 Å². The van der Waals surface area contributed by atoms with Gasteiger partial charge in [0.05, 0.1) is 6.04 Å². The maximum atomic E-state index is 13.2. The number of amides is 4. The van der Waals surface area contributed by atoms with Crippen LogP contribution in [0.4, 0.5) is 4.79 Å². The summed E-state index contributed by atoms with van der Waals surface area (Å²) in [5.41, 5.74) is 1.62. The second-order valence-electron chi connectivity index (χ2n) is 8.52. The van der Waals surface area contributed by atoms with Gasteiger partial charge in [-0.1, -0.05) is 30.3 Å². The van der Waals surface area contributed by atoms with E-state index in [2.05, 4.69) is 16.7 Å². The Labute approximate surface area is 185 Å². The molecule has 2 aromatic rings. The molecule has 2 N–H and O–H groups in total. The van der Waals surface area contributed by atoms with E-state index in [1.807, 2.05) is 18.2 Å². The van der Waals surface area contributed by atoms with Crippen LogP contribution < -0.4 is 20.1 Å². The Morgan fingerprint density at radius 3 is 2.78 bits per heavy atom. The quantitative estimate of drug-likeness (QED) is 0.719. The Morgan fingerprint density at radius 1 is 1.16 bits per heavy atom. The predicted molar refractivity (Wildman–Crippen MR) is 115 cm³/mol. The summed E-state index contributed by atoms with van der Waals surface area (Å²) in [6, 6.07) is 12.5. The first-order chi connectivity index (χ1) is 15.5. The number of aryl methyl sites for hydroxylation is 1. The summed E-state index contributed by atoms with van der Waals surface area (Å²) < 4.78 is 11.1. The number of benzene rings is 2. The summed E-state index contributed by atoms with van der Waals surface area (Å²) in [5, 5.41) is 5.74. The number of nitrogens with zero attached hydrogens (tertiary/aromatic N) is 1. The molecule has 0 aromatic heterocycles. The number of fused-ring (bicyclic) bond motifs is 2. The number of carbonyl (C=O) groups is 3. The van der Waals surface area contributed by atoms with Gasteiger partial charge in [0, 0.05) is 0 Å². The predicted octanol–water partition coefficient (Wildman–Crippen LogP) is 2.42. The number of nitrogens with one attached hydrogen (secondary N) is 2. The summed E-state index contributed by atoms with van der Waals surface area (Å²) in [4.78, 5) is 39.6. The molecule has 0 radical (unpaired) electrons. The van der Waals surface area contributed by atoms with E-state index >= 15 is 0 Å². The first-order valence-corrected chi connectivity index (χ1v) is 10.9. The van der Waals surface area contributed by atoms with E-state index in [4.69, 9.17) is 9.47 Å². The van der Waals surface area contributed by atoms with Crippen molar-refractivity contribution in [3.05, 3.63) is 59.2 Å². The molecule has 0 unspecified atom stereocenters. The Morgan fingerprint density at radius 2 is 1.94 bits per heavy atom. The standard InChI is InChI=1S/C24H25N3O5/c1-24(16-9-10-19-20(13-16)32-12-11-31-19)22(29)27(23(30)26-24)14-21(28)25-18-8-4-6-15-5-2-3-7-17(15)18/h2-3,5,7,9-10,13,18H,4,6,8,11-12,14H2,1H3,(H,25,28)(H,26,30)/t18-,24+/m1/s1. The minimum Gasteiger partial charge on any atom is -0.486 e. The van der Waals surface area contributed by atoms with E-state index in [0.717, 1.165) is 29.7 Å². The molecule has 166 valence electrons. The number of carbonyl (C=O) groups excluding carboxylic acids is 3. The van der Waals surface area contributed by atoms with Crippen molar-refractivity contribution < 1.29 is 23.9 Å². The molecule has 3 aliphatic rings. The van der Waals surface area contributed by atoms with Gasteiger partial charge in [0.25, 0.3) is 5.91 Å². The number of hydrogen-bond donors (Lipinski definition) is 2. The lowest BCUT2D eigenvalue weighted by Crippen LogP contribution is -2.44. The fourth-order valence-corrected chi connectivity index (χ4v) is 4.68. The van der Waals surface area contributed by atoms with Gasteiger partial charge in [-0.25, -0.2) is 4.79 Å². The largest absolute Gasteiger partial charge is 0.486 e. The van der Waals surface area contributed by atoms with Gasteiger partial charge in [-0.3, -0.25) is 14.5 Å². The summed E-state index contributed by atoms with van der Waals surface area (Å²) in [6.45, 7) is 2.19. The number of rotatable bonds is 4. The maximum Gasteiger partial charge on any atom is 0.325 e. The molecule has 8 heteroatoms. The van der Waals surface area contributed by atoms with Crippen molar-refractivity contribution in [1.29, 1.82) is 0 Å². The zero-order valence-electron chi connectivity index (χ0n) is 17.8. The lowest BCUT2D eigenvalue weighted by molar-refractivity contribution is -0.135. The summed E-state index contributed by atoms with van der Waals surface area (Å²) in [6.07, 6.45) is 2.80. The van der Waals surface area contributed by atoms with Crippen molar-refractivity contribution in [1.82, 2.24) is 15.5 Å². The van der Waals surface area contributed by atoms with Gasteiger partial charge >= 0.3 is 6.03 Å². The molecule has 2 aliphatic heterocycles. The van der Waals surface area contributed by atoms with Crippen LogP contribution in [0.25, 0.3) is 0 Å². The third kappa shape index (κ3) is 3.45. The van der Waals surface area contributed by atoms with Crippen LogP contribution in [0.1, 0.15) is 42.5 Å². The fourth-order valence-electron chi connectivity index (χ4n) is 4.68. The Bertz CT molecular complexity index is 1100. The van der Waals surface area contributed by atoms with Gasteiger partial charge in [0.2, 0.25) is 5.91 Å². The Balaban J connectivity index is 1.31. The molecule has 2 aromatic carbocycles. The molecular weight excluding hydrogens is 410 g/mol. The van der Waals surface area contributed by atoms with Gasteiger partial charge in [0.15, 0.2) is 11.5 Å². The van der Waals surface area contributed by atoms with Crippen LogP contribution in [0.5, 0.6) is 11.5 Å². The highest BCUT2D eigenvalue weighted by Crippen LogP contribution is 2.37. The van der Waals surface area contributed by atoms with E-state index in [9.17, 15) is 14.4 Å². The van der Waals surface area contributed by atoms with Crippen molar-refractivity contribution in [2.45, 2.75) is 37.8 Å². The van der Waals surface area contributed by atoms with Gasteiger partial charge in [-0.15, -0.1) is 0 Å². The molecule has 5 rings (SSSR count). The molecule has 8 nitrogen and oxygen atoms in total. The first-order valence-electron chi connectivity index (χ1n) is 10.9. The molecule has 32 heavy (non-hydrogen) atoms. The number of urea groups is 1. The third-order valence-corrected chi connectivity index (χ3v) is 6.40. The first kappa shape index (κ1) is 20.4. The molecule has 1 aliphatic carbocycles. The summed E-state index contributed by atoms with van der Waals surface area (Å²) in [5.74, 6) is 0.300. The highest BCUT2D eigenvalue weighted by atomic mass is 16.6. The average Bonchev–Trinajstić information content (AvgIpc) is 3.03. The second kappa shape index (κ2) is 7.85. The van der Waals surface area contributed by atoms with Crippen LogP contribution in [0.15, 0.2) is 42.5 Å². The Kier molecular flexibility index (Phi) is 5.00. The SMILES string of the molecule is C[C@@]1(c2ccc3c(c2)OCCO3)NC(=O)N(CC(=O)N[C@@H]2CCCc3ccccc32)C1=O. The lowest BCUT2D eigenvalue weighted by Gasteiger charge is -2.27. The number of imide groups is 1. The molecule has 0 spiro atoms. The maximum absolute atomic E-state index is 13.2. The lowest BCUT2D eigenvalue weighted by atomic mass is 9.88. The van der Waals surface area contributed by atoms with Crippen molar-refractivity contribution in [2.24, 2.45) is 0 Å². The normalized spacial score (nSPS) is 24.0. The molecule has 2 atom stereocenters.